The van der Waals surface area contributed by atoms with Crippen molar-refractivity contribution in [2.75, 3.05) is 20.8 Å². The summed E-state index contributed by atoms with van der Waals surface area (Å²) in [4.78, 5) is 12.4. The zero-order valence-electron chi connectivity index (χ0n) is 12.9. The van der Waals surface area contributed by atoms with Crippen molar-refractivity contribution in [1.29, 1.82) is 0 Å². The summed E-state index contributed by atoms with van der Waals surface area (Å²) >= 11 is 0. The van der Waals surface area contributed by atoms with Crippen LogP contribution in [0.15, 0.2) is 42.5 Å². The Morgan fingerprint density at radius 1 is 1.18 bits per heavy atom. The lowest BCUT2D eigenvalue weighted by Crippen LogP contribution is -2.41. The van der Waals surface area contributed by atoms with Gasteiger partial charge in [-0.15, -0.1) is 0 Å². The van der Waals surface area contributed by atoms with Gasteiger partial charge >= 0.3 is 5.97 Å². The van der Waals surface area contributed by atoms with Crippen LogP contribution in [0.25, 0.3) is 10.8 Å². The van der Waals surface area contributed by atoms with Crippen molar-refractivity contribution < 1.29 is 14.3 Å². The maximum atomic E-state index is 12.4. The lowest BCUT2D eigenvalue weighted by Gasteiger charge is -2.26. The van der Waals surface area contributed by atoms with Crippen LogP contribution >= 0.6 is 0 Å². The predicted octanol–water partition coefficient (Wildman–Crippen LogP) is 2.47. The first kappa shape index (κ1) is 15.0. The van der Waals surface area contributed by atoms with E-state index in [1.54, 1.807) is 7.11 Å². The van der Waals surface area contributed by atoms with Crippen LogP contribution in [0, 0.1) is 0 Å². The highest BCUT2D eigenvalue weighted by atomic mass is 16.5. The van der Waals surface area contributed by atoms with Crippen LogP contribution < -0.4 is 5.32 Å². The molecule has 0 spiro atoms. The van der Waals surface area contributed by atoms with Crippen LogP contribution in [-0.2, 0) is 14.3 Å². The van der Waals surface area contributed by atoms with Crippen LogP contribution in [0.2, 0.25) is 0 Å². The standard InChI is InChI=1S/C18H21NO3/c1-21-15-9-10-19-17(15)16(18(20)22-2)14-8-7-12-5-3-4-6-13(12)11-14/h3-8,11,15-17,19H,9-10H2,1-2H3/t15-,16?,17+/m1/s1. The number of hydrogen-bond donors (Lipinski definition) is 1. The fraction of sp³-hybridized carbons (Fsp3) is 0.389. The maximum absolute atomic E-state index is 12.4. The molecule has 0 aromatic heterocycles. The molecule has 0 saturated carbocycles. The van der Waals surface area contributed by atoms with E-state index in [0.29, 0.717) is 0 Å². The van der Waals surface area contributed by atoms with E-state index in [1.807, 2.05) is 18.2 Å². The van der Waals surface area contributed by atoms with Gasteiger partial charge in [0.05, 0.1) is 25.2 Å². The highest BCUT2D eigenvalue weighted by Gasteiger charge is 2.39. The van der Waals surface area contributed by atoms with Crippen molar-refractivity contribution in [3.63, 3.8) is 0 Å². The van der Waals surface area contributed by atoms with Gasteiger partial charge in [-0.05, 0) is 29.3 Å². The molecule has 1 saturated heterocycles. The average Bonchev–Trinajstić information content (AvgIpc) is 3.03. The molecule has 0 aliphatic carbocycles. The molecule has 4 nitrogen and oxygen atoms in total. The molecule has 2 aromatic carbocycles. The average molecular weight is 299 g/mol. The normalized spacial score (nSPS) is 22.6. The summed E-state index contributed by atoms with van der Waals surface area (Å²) in [5.41, 5.74) is 0.965. The third kappa shape index (κ3) is 2.72. The minimum atomic E-state index is -0.359. The fourth-order valence-corrected chi connectivity index (χ4v) is 3.32. The molecule has 22 heavy (non-hydrogen) atoms. The van der Waals surface area contributed by atoms with Crippen molar-refractivity contribution in [3.8, 4) is 0 Å². The second-order valence-corrected chi connectivity index (χ2v) is 5.65. The summed E-state index contributed by atoms with van der Waals surface area (Å²) in [5, 5.41) is 5.68. The molecule has 1 heterocycles. The molecule has 1 unspecified atom stereocenters. The van der Waals surface area contributed by atoms with Crippen LogP contribution in [0.1, 0.15) is 17.9 Å². The van der Waals surface area contributed by atoms with Gasteiger partial charge in [0.25, 0.3) is 0 Å². The molecule has 0 amide bonds. The van der Waals surface area contributed by atoms with Gasteiger partial charge < -0.3 is 14.8 Å². The van der Waals surface area contributed by atoms with E-state index in [0.717, 1.165) is 29.3 Å². The third-order valence-electron chi connectivity index (χ3n) is 4.46. The second kappa shape index (κ2) is 6.46. The minimum Gasteiger partial charge on any atom is -0.469 e. The van der Waals surface area contributed by atoms with E-state index < -0.39 is 0 Å². The minimum absolute atomic E-state index is 0.0237. The summed E-state index contributed by atoms with van der Waals surface area (Å²) in [5.74, 6) is -0.584. The Morgan fingerprint density at radius 2 is 1.95 bits per heavy atom. The second-order valence-electron chi connectivity index (χ2n) is 5.65. The summed E-state index contributed by atoms with van der Waals surface area (Å²) in [6, 6.07) is 14.2. The Kier molecular flexibility index (Phi) is 4.41. The van der Waals surface area contributed by atoms with E-state index >= 15 is 0 Å². The van der Waals surface area contributed by atoms with E-state index in [4.69, 9.17) is 9.47 Å². The molecule has 2 aromatic rings. The predicted molar refractivity (Wildman–Crippen MR) is 85.9 cm³/mol. The quantitative estimate of drug-likeness (QED) is 0.881. The number of methoxy groups -OCH3 is 2. The number of benzene rings is 2. The number of rotatable bonds is 4. The Hall–Kier alpha value is -1.91. The van der Waals surface area contributed by atoms with E-state index in [2.05, 4.69) is 29.6 Å². The van der Waals surface area contributed by atoms with Gasteiger partial charge in [-0.1, -0.05) is 42.5 Å². The van der Waals surface area contributed by atoms with E-state index in [1.165, 1.54) is 7.11 Å². The number of hydrogen-bond acceptors (Lipinski definition) is 4. The largest absolute Gasteiger partial charge is 0.469 e. The molecule has 3 atom stereocenters. The molecule has 0 radical (unpaired) electrons. The van der Waals surface area contributed by atoms with Gasteiger partial charge in [-0.25, -0.2) is 0 Å². The number of carbonyl (C=O) groups excluding carboxylic acids is 1. The summed E-state index contributed by atoms with van der Waals surface area (Å²) < 4.78 is 10.6. The Balaban J connectivity index is 2.02. The van der Waals surface area contributed by atoms with E-state index in [9.17, 15) is 4.79 Å². The van der Waals surface area contributed by atoms with Gasteiger partial charge in [0.1, 0.15) is 0 Å². The molecule has 1 aliphatic rings. The maximum Gasteiger partial charge on any atom is 0.314 e. The monoisotopic (exact) mass is 299 g/mol. The van der Waals surface area contributed by atoms with Gasteiger partial charge in [0.15, 0.2) is 0 Å². The molecule has 4 heteroatoms. The molecule has 116 valence electrons. The number of carbonyl (C=O) groups is 1. The highest BCUT2D eigenvalue weighted by molar-refractivity contribution is 5.86. The molecule has 1 aliphatic heterocycles. The van der Waals surface area contributed by atoms with Gasteiger partial charge in [0, 0.05) is 7.11 Å². The van der Waals surface area contributed by atoms with Crippen molar-refractivity contribution in [2.24, 2.45) is 0 Å². The van der Waals surface area contributed by atoms with Crippen LogP contribution in [0.4, 0.5) is 0 Å². The summed E-state index contributed by atoms with van der Waals surface area (Å²) in [6.07, 6.45) is 0.929. The van der Waals surface area contributed by atoms with Crippen molar-refractivity contribution >= 4 is 16.7 Å². The Labute approximate surface area is 130 Å². The molecule has 1 fully saturated rings. The Bertz CT molecular complexity index is 670. The topological polar surface area (TPSA) is 47.6 Å². The van der Waals surface area contributed by atoms with Crippen LogP contribution in [-0.4, -0.2) is 38.9 Å². The number of nitrogens with one attached hydrogen (secondary N) is 1. The lowest BCUT2D eigenvalue weighted by atomic mass is 9.88. The Morgan fingerprint density at radius 3 is 2.68 bits per heavy atom. The van der Waals surface area contributed by atoms with E-state index in [-0.39, 0.29) is 24.0 Å². The van der Waals surface area contributed by atoms with Gasteiger partial charge in [-0.3, -0.25) is 4.79 Å². The SMILES string of the molecule is COC(=O)C(c1ccc2ccccc2c1)[C@H]1NCC[C@H]1OC. The molecule has 1 N–H and O–H groups in total. The number of esters is 1. The van der Waals surface area contributed by atoms with Crippen molar-refractivity contribution in [1.82, 2.24) is 5.32 Å². The number of ether oxygens (including phenoxy) is 2. The number of fused-ring (bicyclic) bond motifs is 1. The first-order valence-corrected chi connectivity index (χ1v) is 7.57. The molecule has 3 rings (SSSR count). The smallest absolute Gasteiger partial charge is 0.314 e. The highest BCUT2D eigenvalue weighted by Crippen LogP contribution is 2.30. The molecular formula is C18H21NO3. The zero-order valence-corrected chi connectivity index (χ0v) is 12.9. The first-order valence-electron chi connectivity index (χ1n) is 7.57. The summed E-state index contributed by atoms with van der Waals surface area (Å²) in [7, 11) is 3.13. The lowest BCUT2D eigenvalue weighted by molar-refractivity contribution is -0.144. The fourth-order valence-electron chi connectivity index (χ4n) is 3.32. The third-order valence-corrected chi connectivity index (χ3v) is 4.46. The zero-order chi connectivity index (χ0) is 15.5. The molecular weight excluding hydrogens is 278 g/mol. The van der Waals surface area contributed by atoms with Gasteiger partial charge in [0.2, 0.25) is 0 Å². The molecule has 0 bridgehead atoms. The van der Waals surface area contributed by atoms with Crippen molar-refractivity contribution in [3.05, 3.63) is 48.0 Å². The van der Waals surface area contributed by atoms with Crippen molar-refractivity contribution in [2.45, 2.75) is 24.5 Å². The van der Waals surface area contributed by atoms with Crippen LogP contribution in [0.3, 0.4) is 0 Å². The first-order chi connectivity index (χ1) is 10.7. The van der Waals surface area contributed by atoms with Gasteiger partial charge in [-0.2, -0.15) is 0 Å². The van der Waals surface area contributed by atoms with Crippen LogP contribution in [0.5, 0.6) is 0 Å². The summed E-state index contributed by atoms with van der Waals surface area (Å²) in [6.45, 7) is 0.851.